The Kier molecular flexibility index (Phi) is 11.4. The predicted octanol–water partition coefficient (Wildman–Crippen LogP) is 5.67. The van der Waals surface area contributed by atoms with Crippen molar-refractivity contribution in [2.24, 2.45) is 5.92 Å². The minimum atomic E-state index is -4.32. The van der Waals surface area contributed by atoms with Crippen LogP contribution in [0.15, 0.2) is 24.3 Å². The summed E-state index contributed by atoms with van der Waals surface area (Å²) in [6.07, 6.45) is 4.19. The number of likely N-dealkylation sites (tertiary alicyclic amines) is 1. The number of alkyl halides is 3. The van der Waals surface area contributed by atoms with Crippen molar-refractivity contribution in [3.63, 3.8) is 0 Å². The topological polar surface area (TPSA) is 61.4 Å². The van der Waals surface area contributed by atoms with Crippen LogP contribution in [0.25, 0.3) is 0 Å². The van der Waals surface area contributed by atoms with E-state index in [-0.39, 0.29) is 30.2 Å². The van der Waals surface area contributed by atoms with Gasteiger partial charge < -0.3 is 10.2 Å². The summed E-state index contributed by atoms with van der Waals surface area (Å²) in [6, 6.07) is 5.71. The minimum Gasteiger partial charge on any atom is -0.382 e. The predicted molar refractivity (Wildman–Crippen MR) is 134 cm³/mol. The first kappa shape index (κ1) is 29.2. The third kappa shape index (κ3) is 9.55. The molecule has 1 saturated carbocycles. The number of sulfonamides is 1. The van der Waals surface area contributed by atoms with Gasteiger partial charge >= 0.3 is 6.18 Å². The van der Waals surface area contributed by atoms with Crippen LogP contribution in [0.5, 0.6) is 0 Å². The molecule has 196 valence electrons. The van der Waals surface area contributed by atoms with Crippen LogP contribution in [0.4, 0.5) is 18.9 Å². The van der Waals surface area contributed by atoms with Gasteiger partial charge in [-0.2, -0.15) is 13.2 Å². The van der Waals surface area contributed by atoms with E-state index < -0.39 is 21.8 Å². The molecule has 1 aromatic carbocycles. The number of unbranched alkanes of at least 4 members (excludes halogenated alkanes) is 1. The van der Waals surface area contributed by atoms with E-state index in [2.05, 4.69) is 14.9 Å². The van der Waals surface area contributed by atoms with Gasteiger partial charge in [-0.05, 0) is 82.0 Å². The number of nitrogens with zero attached hydrogens (tertiary/aromatic N) is 1. The molecule has 10 heteroatoms. The van der Waals surface area contributed by atoms with Gasteiger partial charge in [0.05, 0.1) is 11.3 Å². The van der Waals surface area contributed by atoms with Gasteiger partial charge in [-0.15, -0.1) is 12.4 Å². The average Bonchev–Trinajstić information content (AvgIpc) is 2.78. The molecule has 0 spiro atoms. The van der Waals surface area contributed by atoms with Crippen molar-refractivity contribution >= 4 is 28.1 Å². The van der Waals surface area contributed by atoms with Crippen molar-refractivity contribution in [1.29, 1.82) is 0 Å². The smallest absolute Gasteiger partial charge is 0.382 e. The van der Waals surface area contributed by atoms with Crippen molar-refractivity contribution in [3.8, 4) is 0 Å². The molecule has 2 aliphatic rings. The molecule has 2 N–H and O–H groups in total. The van der Waals surface area contributed by atoms with Gasteiger partial charge in [-0.25, -0.2) is 13.1 Å². The molecule has 3 rings (SSSR count). The van der Waals surface area contributed by atoms with E-state index in [1.54, 1.807) is 6.07 Å². The largest absolute Gasteiger partial charge is 0.416 e. The van der Waals surface area contributed by atoms with Crippen molar-refractivity contribution in [1.82, 2.24) is 9.62 Å². The highest BCUT2D eigenvalue weighted by molar-refractivity contribution is 7.89. The Morgan fingerprint density at radius 1 is 1.03 bits per heavy atom. The SMILES string of the molecule is CCCCS(=O)(=O)N[C@H]1CC[C@H](CCN2CCC(Nc3cccc(C(F)(F)F)c3)CC2)CC1.Cl. The molecule has 0 radical (unpaired) electrons. The fourth-order valence-corrected chi connectivity index (χ4v) is 6.43. The highest BCUT2D eigenvalue weighted by atomic mass is 35.5. The Bertz CT molecular complexity index is 838. The fraction of sp³-hybridized carbons (Fsp3) is 0.750. The summed E-state index contributed by atoms with van der Waals surface area (Å²) < 4.78 is 65.8. The van der Waals surface area contributed by atoms with Crippen LogP contribution in [-0.4, -0.2) is 50.8 Å². The number of hydrogen-bond donors (Lipinski definition) is 2. The van der Waals surface area contributed by atoms with Crippen molar-refractivity contribution < 1.29 is 21.6 Å². The van der Waals surface area contributed by atoms with Crippen LogP contribution in [0.1, 0.15) is 70.3 Å². The molecule has 2 fully saturated rings. The lowest BCUT2D eigenvalue weighted by molar-refractivity contribution is -0.137. The number of anilines is 1. The maximum absolute atomic E-state index is 12.9. The van der Waals surface area contributed by atoms with Gasteiger partial charge in [0.1, 0.15) is 0 Å². The van der Waals surface area contributed by atoms with Crippen LogP contribution in [0, 0.1) is 5.92 Å². The van der Waals surface area contributed by atoms with E-state index in [4.69, 9.17) is 0 Å². The molecule has 0 amide bonds. The molecule has 1 aliphatic carbocycles. The van der Waals surface area contributed by atoms with E-state index in [9.17, 15) is 21.6 Å². The number of benzene rings is 1. The number of rotatable bonds is 10. The van der Waals surface area contributed by atoms with Crippen molar-refractivity contribution in [3.05, 3.63) is 29.8 Å². The van der Waals surface area contributed by atoms with Crippen molar-refractivity contribution in [2.45, 2.75) is 83.0 Å². The Hall–Kier alpha value is -1.03. The molecule has 1 aromatic rings. The first-order valence-corrected chi connectivity index (χ1v) is 14.0. The standard InChI is InChI=1S/C24H38F3N3O2S.ClH/c1-2-3-17-33(31,32)29-22-9-7-19(8-10-22)11-14-30-15-12-21(13-16-30)28-23-6-4-5-20(18-23)24(25,26)27;/h4-6,18-19,21-22,28-29H,2-3,7-17H2,1H3;1H/t19-,22-;. The van der Waals surface area contributed by atoms with Gasteiger partial charge in [-0.1, -0.05) is 19.4 Å². The molecule has 0 bridgehead atoms. The van der Waals surface area contributed by atoms with E-state index in [1.165, 1.54) is 12.1 Å². The quantitative estimate of drug-likeness (QED) is 0.413. The third-order valence-corrected chi connectivity index (χ3v) is 8.48. The zero-order chi connectivity index (χ0) is 23.9. The molecule has 0 aromatic heterocycles. The van der Waals surface area contributed by atoms with Crippen LogP contribution >= 0.6 is 12.4 Å². The van der Waals surface area contributed by atoms with Gasteiger partial charge in [0.25, 0.3) is 0 Å². The Balaban J connectivity index is 0.00000408. The Labute approximate surface area is 208 Å². The lowest BCUT2D eigenvalue weighted by Crippen LogP contribution is -2.41. The van der Waals surface area contributed by atoms with Gasteiger partial charge in [0.2, 0.25) is 10.0 Å². The van der Waals surface area contributed by atoms with Gasteiger partial charge in [0, 0.05) is 30.9 Å². The maximum atomic E-state index is 12.9. The molecule has 34 heavy (non-hydrogen) atoms. The van der Waals surface area contributed by atoms with E-state index in [1.807, 2.05) is 6.92 Å². The van der Waals surface area contributed by atoms with Crippen molar-refractivity contribution in [2.75, 3.05) is 30.7 Å². The van der Waals surface area contributed by atoms with Gasteiger partial charge in [0.15, 0.2) is 0 Å². The molecular formula is C24H39ClF3N3O2S. The molecule has 0 unspecified atom stereocenters. The zero-order valence-electron chi connectivity index (χ0n) is 19.9. The monoisotopic (exact) mass is 525 g/mol. The average molecular weight is 526 g/mol. The van der Waals surface area contributed by atoms with E-state index in [0.29, 0.717) is 18.0 Å². The van der Waals surface area contributed by atoms with Crippen LogP contribution in [-0.2, 0) is 16.2 Å². The molecule has 1 saturated heterocycles. The summed E-state index contributed by atoms with van der Waals surface area (Å²) in [4.78, 5) is 2.45. The minimum absolute atomic E-state index is 0. The summed E-state index contributed by atoms with van der Waals surface area (Å²) in [7, 11) is -3.15. The molecule has 0 atom stereocenters. The zero-order valence-corrected chi connectivity index (χ0v) is 21.6. The first-order chi connectivity index (χ1) is 15.6. The summed E-state index contributed by atoms with van der Waals surface area (Å²) in [5, 5.41) is 3.27. The number of nitrogens with one attached hydrogen (secondary N) is 2. The Morgan fingerprint density at radius 3 is 2.32 bits per heavy atom. The maximum Gasteiger partial charge on any atom is 0.416 e. The second kappa shape index (κ2) is 13.3. The van der Waals surface area contributed by atoms with E-state index >= 15 is 0 Å². The molecule has 1 aliphatic heterocycles. The number of halogens is 4. The van der Waals surface area contributed by atoms with Gasteiger partial charge in [-0.3, -0.25) is 0 Å². The summed E-state index contributed by atoms with van der Waals surface area (Å²) >= 11 is 0. The van der Waals surface area contributed by atoms with E-state index in [0.717, 1.165) is 77.1 Å². The normalized spacial score (nSPS) is 22.8. The summed E-state index contributed by atoms with van der Waals surface area (Å²) in [5.74, 6) is 0.865. The second-order valence-corrected chi connectivity index (χ2v) is 11.5. The molecular weight excluding hydrogens is 487 g/mol. The van der Waals surface area contributed by atoms with Crippen LogP contribution in [0.2, 0.25) is 0 Å². The lowest BCUT2D eigenvalue weighted by Gasteiger charge is -2.35. The summed E-state index contributed by atoms with van der Waals surface area (Å²) in [5.41, 5.74) is -0.0845. The highest BCUT2D eigenvalue weighted by Gasteiger charge is 2.31. The third-order valence-electron chi connectivity index (χ3n) is 6.96. The summed E-state index contributed by atoms with van der Waals surface area (Å²) in [6.45, 7) is 4.93. The molecule has 5 nitrogen and oxygen atoms in total. The molecule has 1 heterocycles. The highest BCUT2D eigenvalue weighted by Crippen LogP contribution is 2.31. The fourth-order valence-electron chi connectivity index (χ4n) is 4.90. The number of hydrogen-bond acceptors (Lipinski definition) is 4. The van der Waals surface area contributed by atoms with Crippen LogP contribution in [0.3, 0.4) is 0 Å². The van der Waals surface area contributed by atoms with Crippen LogP contribution < -0.4 is 10.0 Å². The number of piperidine rings is 1. The second-order valence-electron chi connectivity index (χ2n) is 9.64. The lowest BCUT2D eigenvalue weighted by atomic mass is 9.84. The Morgan fingerprint density at radius 2 is 1.71 bits per heavy atom. The first-order valence-electron chi connectivity index (χ1n) is 12.3.